The second kappa shape index (κ2) is 5.17. The first-order valence-corrected chi connectivity index (χ1v) is 11.6. The number of aryl methyl sites for hydroxylation is 1. The van der Waals surface area contributed by atoms with Gasteiger partial charge in [-0.05, 0) is 0 Å². The topological polar surface area (TPSA) is 20.2 Å². The van der Waals surface area contributed by atoms with Gasteiger partial charge in [-0.2, -0.15) is 0 Å². The molecule has 0 saturated heterocycles. The van der Waals surface area contributed by atoms with Crippen LogP contribution in [0.1, 0.15) is 58.2 Å². The number of hydrogen-bond donors (Lipinski definition) is 1. The standard InChI is InChI=1S/C17H29AsO/c1-11-10-12(16(2,3)4)15(19)13(17(5,6)7)14(11)18(8)9/h10,19H,1-9H3. The van der Waals surface area contributed by atoms with Gasteiger partial charge in [0.15, 0.2) is 0 Å². The van der Waals surface area contributed by atoms with E-state index in [0.29, 0.717) is 5.75 Å². The van der Waals surface area contributed by atoms with Crippen molar-refractivity contribution < 1.29 is 5.11 Å². The molecule has 0 aliphatic heterocycles. The molecule has 1 aromatic rings. The number of hydrogen-bond acceptors (Lipinski definition) is 1. The number of phenols is 1. The van der Waals surface area contributed by atoms with Crippen molar-refractivity contribution in [3.05, 3.63) is 22.8 Å². The predicted molar refractivity (Wildman–Crippen MR) is 87.4 cm³/mol. The third-order valence-electron chi connectivity index (χ3n) is 3.47. The molecule has 0 amide bonds. The molecule has 0 saturated carbocycles. The third kappa shape index (κ3) is 3.37. The maximum absolute atomic E-state index is 10.8. The summed E-state index contributed by atoms with van der Waals surface area (Å²) < 4.78 is 1.45. The minimum absolute atomic E-state index is 0.00947. The third-order valence-corrected chi connectivity index (χ3v) is 6.55. The van der Waals surface area contributed by atoms with E-state index < -0.39 is 14.7 Å². The van der Waals surface area contributed by atoms with Gasteiger partial charge in [0.1, 0.15) is 0 Å². The van der Waals surface area contributed by atoms with E-state index in [1.165, 1.54) is 15.5 Å². The summed E-state index contributed by atoms with van der Waals surface area (Å²) in [5.41, 5.74) is 8.29. The van der Waals surface area contributed by atoms with Crippen LogP contribution in [-0.4, -0.2) is 19.8 Å². The fourth-order valence-electron chi connectivity index (χ4n) is 2.66. The van der Waals surface area contributed by atoms with Crippen LogP contribution >= 0.6 is 0 Å². The summed E-state index contributed by atoms with van der Waals surface area (Å²) in [6.45, 7) is 15.3. The van der Waals surface area contributed by atoms with Crippen LogP contribution in [0.25, 0.3) is 0 Å². The molecule has 1 N–H and O–H groups in total. The Kier molecular flexibility index (Phi) is 4.52. The first-order valence-electron chi connectivity index (χ1n) is 6.92. The minimum atomic E-state index is -1.04. The molecule has 1 nitrogen and oxygen atoms in total. The molecule has 0 spiro atoms. The van der Waals surface area contributed by atoms with Crippen LogP contribution < -0.4 is 4.35 Å². The van der Waals surface area contributed by atoms with E-state index in [-0.39, 0.29) is 10.8 Å². The Hall–Kier alpha value is -0.422. The van der Waals surface area contributed by atoms with E-state index in [2.05, 4.69) is 66.0 Å². The molecule has 0 atom stereocenters. The average molecular weight is 324 g/mol. The summed E-state index contributed by atoms with van der Waals surface area (Å²) in [7, 11) is 0. The van der Waals surface area contributed by atoms with Crippen LogP contribution in [0.2, 0.25) is 11.4 Å². The predicted octanol–water partition coefficient (Wildman–Crippen LogP) is 4.26. The average Bonchev–Trinajstić information content (AvgIpc) is 2.16. The second-order valence-corrected chi connectivity index (χ2v) is 12.4. The molecule has 0 heterocycles. The first-order chi connectivity index (χ1) is 8.37. The van der Waals surface area contributed by atoms with Crippen molar-refractivity contribution >= 4 is 19.0 Å². The molecular formula is C17H29AsO. The molecule has 19 heavy (non-hydrogen) atoms. The summed E-state index contributed by atoms with van der Waals surface area (Å²) in [6, 6.07) is 2.20. The van der Waals surface area contributed by atoms with Crippen molar-refractivity contribution in [1.29, 1.82) is 0 Å². The van der Waals surface area contributed by atoms with Gasteiger partial charge in [0.25, 0.3) is 0 Å². The Morgan fingerprint density at radius 2 is 1.42 bits per heavy atom. The van der Waals surface area contributed by atoms with Crippen molar-refractivity contribution in [3.8, 4) is 5.75 Å². The van der Waals surface area contributed by atoms with Gasteiger partial charge in [-0.3, -0.25) is 0 Å². The Morgan fingerprint density at radius 1 is 0.947 bits per heavy atom. The summed E-state index contributed by atoms with van der Waals surface area (Å²) >= 11 is -1.04. The van der Waals surface area contributed by atoms with Gasteiger partial charge < -0.3 is 0 Å². The van der Waals surface area contributed by atoms with Crippen LogP contribution in [-0.2, 0) is 10.8 Å². The Labute approximate surface area is 123 Å². The molecule has 108 valence electrons. The van der Waals surface area contributed by atoms with Crippen LogP contribution in [0.4, 0.5) is 0 Å². The van der Waals surface area contributed by atoms with Gasteiger partial charge in [-0.1, -0.05) is 0 Å². The van der Waals surface area contributed by atoms with E-state index in [4.69, 9.17) is 0 Å². The van der Waals surface area contributed by atoms with Crippen LogP contribution in [0.5, 0.6) is 5.75 Å². The molecule has 0 bridgehead atoms. The molecule has 0 aromatic heterocycles. The van der Waals surface area contributed by atoms with Gasteiger partial charge >= 0.3 is 123 Å². The summed E-state index contributed by atoms with van der Waals surface area (Å²) in [4.78, 5) is 0. The summed E-state index contributed by atoms with van der Waals surface area (Å²) in [6.07, 6.45) is 0. The van der Waals surface area contributed by atoms with Gasteiger partial charge in [0, 0.05) is 0 Å². The molecule has 0 aliphatic rings. The van der Waals surface area contributed by atoms with Crippen LogP contribution in [0.15, 0.2) is 6.07 Å². The quantitative estimate of drug-likeness (QED) is 0.766. The second-order valence-electron chi connectivity index (χ2n) is 7.71. The van der Waals surface area contributed by atoms with Crippen molar-refractivity contribution in [3.63, 3.8) is 0 Å². The molecular weight excluding hydrogens is 295 g/mol. The van der Waals surface area contributed by atoms with Crippen molar-refractivity contribution in [1.82, 2.24) is 0 Å². The van der Waals surface area contributed by atoms with E-state index in [0.717, 1.165) is 5.56 Å². The zero-order valence-electron chi connectivity index (χ0n) is 14.0. The molecule has 0 fully saturated rings. The van der Waals surface area contributed by atoms with Crippen molar-refractivity contribution in [2.75, 3.05) is 0 Å². The van der Waals surface area contributed by atoms with Crippen molar-refractivity contribution in [2.24, 2.45) is 0 Å². The Bertz CT molecular complexity index is 474. The van der Waals surface area contributed by atoms with E-state index in [1.807, 2.05) is 0 Å². The molecule has 1 aromatic carbocycles. The van der Waals surface area contributed by atoms with Crippen molar-refractivity contribution in [2.45, 2.75) is 70.7 Å². The Morgan fingerprint density at radius 3 is 1.74 bits per heavy atom. The van der Waals surface area contributed by atoms with Crippen LogP contribution in [0.3, 0.4) is 0 Å². The fraction of sp³-hybridized carbons (Fsp3) is 0.647. The first kappa shape index (κ1) is 16.6. The zero-order valence-corrected chi connectivity index (χ0v) is 15.8. The van der Waals surface area contributed by atoms with E-state index in [1.54, 1.807) is 0 Å². The van der Waals surface area contributed by atoms with Gasteiger partial charge in [-0.25, -0.2) is 0 Å². The number of rotatable bonds is 1. The van der Waals surface area contributed by atoms with Crippen LogP contribution in [0, 0.1) is 6.92 Å². The zero-order chi connectivity index (χ0) is 15.2. The number of benzene rings is 1. The Balaban J connectivity index is 3.78. The molecule has 0 radical (unpaired) electrons. The molecule has 1 rings (SSSR count). The molecule has 0 aliphatic carbocycles. The van der Waals surface area contributed by atoms with Gasteiger partial charge in [0.2, 0.25) is 0 Å². The van der Waals surface area contributed by atoms with Gasteiger partial charge in [-0.15, -0.1) is 0 Å². The number of phenolic OH excluding ortho intramolecular Hbond substituents is 1. The van der Waals surface area contributed by atoms with Gasteiger partial charge in [0.05, 0.1) is 0 Å². The maximum atomic E-state index is 10.8. The van der Waals surface area contributed by atoms with E-state index >= 15 is 0 Å². The molecule has 0 unspecified atom stereocenters. The monoisotopic (exact) mass is 324 g/mol. The normalized spacial score (nSPS) is 13.2. The summed E-state index contributed by atoms with van der Waals surface area (Å²) in [5.74, 6) is 0.531. The number of aromatic hydroxyl groups is 1. The van der Waals surface area contributed by atoms with E-state index in [9.17, 15) is 5.11 Å². The fourth-order valence-corrected chi connectivity index (χ4v) is 6.14. The SMILES string of the molecule is Cc1cc(C(C)(C)C)c(O)c(C(C)(C)C)c1[As](C)C. The summed E-state index contributed by atoms with van der Waals surface area (Å²) in [5, 5.41) is 10.8. The molecule has 2 heteroatoms.